The number of hydrogen-bond acceptors (Lipinski definition) is 7. The molecule has 194 valence electrons. The van der Waals surface area contributed by atoms with Crippen LogP contribution in [0.5, 0.6) is 17.4 Å². The van der Waals surface area contributed by atoms with Crippen molar-refractivity contribution in [1.29, 1.82) is 0 Å². The monoisotopic (exact) mass is 531 g/mol. The molecule has 5 rings (SSSR count). The Labute approximate surface area is 221 Å². The Kier molecular flexibility index (Phi) is 7.00. The topological polar surface area (TPSA) is 134 Å². The van der Waals surface area contributed by atoms with Crippen molar-refractivity contribution in [2.45, 2.75) is 13.5 Å². The van der Waals surface area contributed by atoms with Crippen molar-refractivity contribution in [3.05, 3.63) is 86.2 Å². The van der Waals surface area contributed by atoms with Gasteiger partial charge < -0.3 is 24.9 Å². The quantitative estimate of drug-likeness (QED) is 0.219. The minimum Gasteiger partial charge on any atom is -0.493 e. The number of H-pyrrole nitrogens is 2. The first-order valence-electron chi connectivity index (χ1n) is 11.7. The summed E-state index contributed by atoms with van der Waals surface area (Å²) < 4.78 is 12.8. The van der Waals surface area contributed by atoms with Crippen LogP contribution in [-0.2, 0) is 6.54 Å². The van der Waals surface area contributed by atoms with Crippen LogP contribution in [0.1, 0.15) is 26.5 Å². The van der Waals surface area contributed by atoms with Gasteiger partial charge in [-0.05, 0) is 48.2 Å². The number of benzene rings is 2. The number of carbonyl (C=O) groups is 1. The summed E-state index contributed by atoms with van der Waals surface area (Å²) in [5.41, 5.74) is 3.22. The number of nitrogens with zero attached hydrogens (tertiary/aromatic N) is 2. The van der Waals surface area contributed by atoms with Crippen LogP contribution < -0.4 is 20.5 Å². The highest BCUT2D eigenvalue weighted by atomic mass is 32.1. The van der Waals surface area contributed by atoms with Gasteiger partial charge in [-0.15, -0.1) is 11.3 Å². The van der Waals surface area contributed by atoms with E-state index in [9.17, 15) is 14.7 Å². The molecule has 0 saturated heterocycles. The van der Waals surface area contributed by atoms with Crippen molar-refractivity contribution in [2.75, 3.05) is 19.0 Å². The van der Waals surface area contributed by atoms with Gasteiger partial charge in [0.2, 0.25) is 5.88 Å². The highest BCUT2D eigenvalue weighted by Gasteiger charge is 2.20. The number of carbonyl (C=O) groups excluding carboxylic acids is 1. The molecule has 2 aromatic carbocycles. The largest absolute Gasteiger partial charge is 0.493 e. The number of fused-ring (bicyclic) bond motifs is 1. The van der Waals surface area contributed by atoms with Crippen LogP contribution >= 0.6 is 11.3 Å². The molecular formula is C27H25N5O5S. The predicted molar refractivity (Wildman–Crippen MR) is 147 cm³/mol. The second-order valence-corrected chi connectivity index (χ2v) is 9.30. The number of nitrogens with one attached hydrogen (secondary N) is 3. The number of methoxy groups -OCH3 is 1. The summed E-state index contributed by atoms with van der Waals surface area (Å²) in [4.78, 5) is 28.0. The van der Waals surface area contributed by atoms with Gasteiger partial charge in [-0.2, -0.15) is 5.10 Å². The normalized spacial score (nSPS) is 11.3. The van der Waals surface area contributed by atoms with Gasteiger partial charge in [0.15, 0.2) is 11.5 Å². The van der Waals surface area contributed by atoms with Gasteiger partial charge in [0.1, 0.15) is 6.61 Å². The number of imidazole rings is 1. The summed E-state index contributed by atoms with van der Waals surface area (Å²) in [7, 11) is 1.49. The molecule has 3 aromatic heterocycles. The number of amides is 1. The molecular weight excluding hydrogens is 506 g/mol. The number of aromatic nitrogens is 4. The number of rotatable bonds is 9. The molecule has 11 heteroatoms. The maximum atomic E-state index is 13.2. The van der Waals surface area contributed by atoms with Crippen molar-refractivity contribution in [2.24, 2.45) is 0 Å². The molecule has 0 aliphatic rings. The smallest absolute Gasteiger partial charge is 0.328 e. The molecule has 0 saturated carbocycles. The second-order valence-electron chi connectivity index (χ2n) is 8.39. The molecule has 4 N–H and O–H groups in total. The van der Waals surface area contributed by atoms with Crippen LogP contribution in [0.4, 0.5) is 5.69 Å². The number of thiophene rings is 1. The van der Waals surface area contributed by atoms with Crippen molar-refractivity contribution in [3.63, 3.8) is 0 Å². The van der Waals surface area contributed by atoms with E-state index in [0.29, 0.717) is 27.6 Å². The molecule has 10 nitrogen and oxygen atoms in total. The van der Waals surface area contributed by atoms with E-state index in [1.54, 1.807) is 12.1 Å². The first-order chi connectivity index (χ1) is 18.5. The zero-order valence-electron chi connectivity index (χ0n) is 20.6. The summed E-state index contributed by atoms with van der Waals surface area (Å²) in [6.07, 6.45) is 4.93. The maximum Gasteiger partial charge on any atom is 0.328 e. The fourth-order valence-corrected chi connectivity index (χ4v) is 4.89. The Bertz CT molecular complexity index is 1690. The summed E-state index contributed by atoms with van der Waals surface area (Å²) in [6, 6.07) is 13.2. The molecule has 0 aliphatic heterocycles. The lowest BCUT2D eigenvalue weighted by atomic mass is 10.1. The van der Waals surface area contributed by atoms with Crippen LogP contribution in [0, 0.1) is 6.92 Å². The highest BCUT2D eigenvalue weighted by Crippen LogP contribution is 2.40. The zero-order chi connectivity index (χ0) is 26.6. The van der Waals surface area contributed by atoms with Gasteiger partial charge in [0.05, 0.1) is 41.6 Å². The summed E-state index contributed by atoms with van der Waals surface area (Å²) in [5, 5.41) is 23.0. The van der Waals surface area contributed by atoms with E-state index < -0.39 is 5.69 Å². The fraction of sp³-hybridized carbons (Fsp3) is 0.148. The molecule has 0 unspecified atom stereocenters. The van der Waals surface area contributed by atoms with Crippen LogP contribution in [0.2, 0.25) is 0 Å². The number of para-hydroxylation sites is 1. The minimum atomic E-state index is -0.441. The van der Waals surface area contributed by atoms with E-state index in [2.05, 4.69) is 20.5 Å². The van der Waals surface area contributed by atoms with Crippen molar-refractivity contribution < 1.29 is 19.4 Å². The van der Waals surface area contributed by atoms with E-state index in [4.69, 9.17) is 9.47 Å². The van der Waals surface area contributed by atoms with Gasteiger partial charge in [-0.3, -0.25) is 14.5 Å². The van der Waals surface area contributed by atoms with Gasteiger partial charge in [-0.1, -0.05) is 24.3 Å². The SMILES string of the molecule is COc1c(OCCn2c(O)c[nH]c2=O)ccc(C=Cc2n[nH]c3ccccc23)c1NC(=O)c1sccc1C. The van der Waals surface area contributed by atoms with E-state index in [0.717, 1.165) is 26.7 Å². The highest BCUT2D eigenvalue weighted by molar-refractivity contribution is 7.12. The molecule has 0 bridgehead atoms. The first kappa shape index (κ1) is 24.9. The first-order valence-corrected chi connectivity index (χ1v) is 12.6. The summed E-state index contributed by atoms with van der Waals surface area (Å²) in [6.45, 7) is 2.07. The standard InChI is InChI=1S/C27H25N5O5S/c1-16-11-14-38-25(16)26(34)29-23-17(7-9-20-18-5-3-4-6-19(18)30-31-20)8-10-21(24(23)36-2)37-13-12-32-22(33)15-28-27(32)35/h3-11,14-15,33H,12-13H2,1-2H3,(H,28,35)(H,29,34)(H,30,31). The average molecular weight is 532 g/mol. The number of hydrogen-bond donors (Lipinski definition) is 4. The zero-order valence-corrected chi connectivity index (χ0v) is 21.5. The Morgan fingerprint density at radius 1 is 1.21 bits per heavy atom. The van der Waals surface area contributed by atoms with Crippen LogP contribution in [0.3, 0.4) is 0 Å². The molecule has 0 fully saturated rings. The molecule has 38 heavy (non-hydrogen) atoms. The van der Waals surface area contributed by atoms with Crippen molar-refractivity contribution in [1.82, 2.24) is 19.7 Å². The van der Waals surface area contributed by atoms with Crippen LogP contribution in [0.25, 0.3) is 23.1 Å². The van der Waals surface area contributed by atoms with Gasteiger partial charge in [0.25, 0.3) is 5.91 Å². The third-order valence-corrected chi connectivity index (χ3v) is 7.02. The Hall–Kier alpha value is -4.77. The average Bonchev–Trinajstić information content (AvgIpc) is 3.62. The van der Waals surface area contributed by atoms with Gasteiger partial charge in [-0.25, -0.2) is 4.79 Å². The number of aryl methyl sites for hydroxylation is 1. The number of aromatic hydroxyl groups is 1. The summed E-state index contributed by atoms with van der Waals surface area (Å²) in [5.74, 6) is 0.246. The van der Waals surface area contributed by atoms with Crippen molar-refractivity contribution >= 4 is 46.0 Å². The van der Waals surface area contributed by atoms with Crippen LogP contribution in [0.15, 0.2) is 58.8 Å². The van der Waals surface area contributed by atoms with Gasteiger partial charge >= 0.3 is 5.69 Å². The summed E-state index contributed by atoms with van der Waals surface area (Å²) >= 11 is 1.35. The second kappa shape index (κ2) is 10.7. The number of aromatic amines is 2. The molecule has 3 heterocycles. The maximum absolute atomic E-state index is 13.2. The van der Waals surface area contributed by atoms with E-state index >= 15 is 0 Å². The van der Waals surface area contributed by atoms with E-state index in [1.165, 1.54) is 24.6 Å². The minimum absolute atomic E-state index is 0.0769. The fourth-order valence-electron chi connectivity index (χ4n) is 4.07. The molecule has 0 aliphatic carbocycles. The lowest BCUT2D eigenvalue weighted by Gasteiger charge is -2.17. The van der Waals surface area contributed by atoms with Crippen molar-refractivity contribution in [3.8, 4) is 17.4 Å². The Morgan fingerprint density at radius 3 is 2.79 bits per heavy atom. The number of anilines is 1. The predicted octanol–water partition coefficient (Wildman–Crippen LogP) is 4.64. The molecule has 0 spiro atoms. The van der Waals surface area contributed by atoms with E-state index in [-0.39, 0.29) is 24.9 Å². The molecule has 1 amide bonds. The van der Waals surface area contributed by atoms with Gasteiger partial charge in [0, 0.05) is 10.9 Å². The Morgan fingerprint density at radius 2 is 2.05 bits per heavy atom. The molecule has 5 aromatic rings. The molecule has 0 atom stereocenters. The third-order valence-electron chi connectivity index (χ3n) is 6.00. The van der Waals surface area contributed by atoms with E-state index in [1.807, 2.05) is 54.8 Å². The lowest BCUT2D eigenvalue weighted by Crippen LogP contribution is -2.20. The molecule has 0 radical (unpaired) electrons. The number of ether oxygens (including phenoxy) is 2. The Balaban J connectivity index is 1.48. The lowest BCUT2D eigenvalue weighted by molar-refractivity contribution is 0.102. The van der Waals surface area contributed by atoms with Crippen LogP contribution in [-0.4, -0.2) is 44.5 Å². The third kappa shape index (κ3) is 4.91.